The normalized spacial score (nSPS) is 11.0. The van der Waals surface area contributed by atoms with E-state index in [9.17, 15) is 4.79 Å². The third-order valence-corrected chi connectivity index (χ3v) is 3.81. The summed E-state index contributed by atoms with van der Waals surface area (Å²) in [4.78, 5) is 16.7. The molecule has 0 atom stereocenters. The van der Waals surface area contributed by atoms with Crippen LogP contribution in [0.5, 0.6) is 0 Å². The molecular formula is C18H20N6O. The number of carbonyl (C=O) groups excluding carboxylic acids is 1. The molecule has 0 bridgehead atoms. The zero-order valence-corrected chi connectivity index (χ0v) is 14.2. The van der Waals surface area contributed by atoms with Gasteiger partial charge in [-0.2, -0.15) is 5.10 Å². The summed E-state index contributed by atoms with van der Waals surface area (Å²) in [5.41, 5.74) is 8.22. The quantitative estimate of drug-likeness (QED) is 0.501. The first-order valence-corrected chi connectivity index (χ1v) is 8.03. The van der Waals surface area contributed by atoms with Crippen molar-refractivity contribution in [3.8, 4) is 5.69 Å². The smallest absolute Gasteiger partial charge is 0.261 e. The average Bonchev–Trinajstić information content (AvgIpc) is 2.96. The van der Waals surface area contributed by atoms with Gasteiger partial charge >= 0.3 is 0 Å². The van der Waals surface area contributed by atoms with E-state index in [1.165, 1.54) is 6.20 Å². The second-order valence-electron chi connectivity index (χ2n) is 6.23. The summed E-state index contributed by atoms with van der Waals surface area (Å²) in [6.45, 7) is 4.16. The van der Waals surface area contributed by atoms with E-state index >= 15 is 0 Å². The number of pyridine rings is 1. The maximum absolute atomic E-state index is 12.4. The van der Waals surface area contributed by atoms with E-state index in [4.69, 9.17) is 11.1 Å². The van der Waals surface area contributed by atoms with E-state index in [1.807, 2.05) is 30.3 Å². The second kappa shape index (κ2) is 6.72. The summed E-state index contributed by atoms with van der Waals surface area (Å²) in [5, 5.41) is 15.0. The molecule has 0 radical (unpaired) electrons. The molecule has 4 N–H and O–H groups in total. The van der Waals surface area contributed by atoms with Gasteiger partial charge in [-0.05, 0) is 36.6 Å². The fourth-order valence-corrected chi connectivity index (χ4v) is 2.82. The SMILES string of the molecule is CC(C)Cc1c(C(=O)NC(=N)N)cnn1-c1cccc2ncccc12. The molecule has 7 heteroatoms. The molecule has 0 saturated carbocycles. The van der Waals surface area contributed by atoms with Crippen LogP contribution in [-0.4, -0.2) is 26.6 Å². The van der Waals surface area contributed by atoms with Crippen molar-refractivity contribution >= 4 is 22.8 Å². The summed E-state index contributed by atoms with van der Waals surface area (Å²) in [5.74, 6) is -0.484. The molecule has 7 nitrogen and oxygen atoms in total. The third-order valence-electron chi connectivity index (χ3n) is 3.81. The van der Waals surface area contributed by atoms with Crippen molar-refractivity contribution in [1.82, 2.24) is 20.1 Å². The summed E-state index contributed by atoms with van der Waals surface area (Å²) in [6.07, 6.45) is 3.93. The Hall–Kier alpha value is -3.22. The van der Waals surface area contributed by atoms with Gasteiger partial charge in [0.15, 0.2) is 5.96 Å². The largest absolute Gasteiger partial charge is 0.370 e. The Morgan fingerprint density at radius 1 is 1.32 bits per heavy atom. The number of aromatic nitrogens is 3. The van der Waals surface area contributed by atoms with Crippen LogP contribution in [0.25, 0.3) is 16.6 Å². The number of carbonyl (C=O) groups is 1. The fourth-order valence-electron chi connectivity index (χ4n) is 2.82. The lowest BCUT2D eigenvalue weighted by Crippen LogP contribution is -2.36. The molecule has 1 amide bonds. The fraction of sp³-hybridized carbons (Fsp3) is 0.222. The van der Waals surface area contributed by atoms with Crippen LogP contribution in [0.15, 0.2) is 42.7 Å². The number of guanidine groups is 1. The first-order chi connectivity index (χ1) is 12.0. The maximum Gasteiger partial charge on any atom is 0.261 e. The van der Waals surface area contributed by atoms with Gasteiger partial charge in [0.25, 0.3) is 5.91 Å². The number of nitrogens with zero attached hydrogens (tertiary/aromatic N) is 3. The van der Waals surface area contributed by atoms with E-state index in [2.05, 4.69) is 29.2 Å². The summed E-state index contributed by atoms with van der Waals surface area (Å²) >= 11 is 0. The van der Waals surface area contributed by atoms with Crippen LogP contribution < -0.4 is 11.1 Å². The molecule has 0 spiro atoms. The zero-order chi connectivity index (χ0) is 18.0. The zero-order valence-electron chi connectivity index (χ0n) is 14.2. The van der Waals surface area contributed by atoms with Crippen LogP contribution in [-0.2, 0) is 6.42 Å². The highest BCUT2D eigenvalue weighted by Gasteiger charge is 2.20. The molecule has 0 fully saturated rings. The van der Waals surface area contributed by atoms with E-state index in [0.29, 0.717) is 17.9 Å². The van der Waals surface area contributed by atoms with E-state index in [1.54, 1.807) is 10.9 Å². The number of hydrogen-bond acceptors (Lipinski definition) is 4. The Morgan fingerprint density at radius 3 is 2.84 bits per heavy atom. The van der Waals surface area contributed by atoms with E-state index in [0.717, 1.165) is 22.3 Å². The van der Waals surface area contributed by atoms with Crippen molar-refractivity contribution in [2.45, 2.75) is 20.3 Å². The highest BCUT2D eigenvalue weighted by atomic mass is 16.1. The Balaban J connectivity index is 2.17. The Labute approximate surface area is 145 Å². The van der Waals surface area contributed by atoms with Gasteiger partial charge in [-0.1, -0.05) is 19.9 Å². The predicted molar refractivity (Wildman–Crippen MR) is 96.8 cm³/mol. The van der Waals surface area contributed by atoms with Crippen molar-refractivity contribution in [3.05, 3.63) is 54.0 Å². The summed E-state index contributed by atoms with van der Waals surface area (Å²) in [7, 11) is 0. The van der Waals surface area contributed by atoms with Crippen molar-refractivity contribution in [1.29, 1.82) is 5.41 Å². The van der Waals surface area contributed by atoms with Crippen LogP contribution in [0, 0.1) is 11.3 Å². The van der Waals surface area contributed by atoms with Crippen LogP contribution in [0.4, 0.5) is 0 Å². The highest BCUT2D eigenvalue weighted by Crippen LogP contribution is 2.24. The van der Waals surface area contributed by atoms with Gasteiger partial charge < -0.3 is 5.73 Å². The van der Waals surface area contributed by atoms with E-state index in [-0.39, 0.29) is 5.96 Å². The first-order valence-electron chi connectivity index (χ1n) is 8.03. The Kier molecular flexibility index (Phi) is 4.47. The number of rotatable bonds is 4. The number of fused-ring (bicyclic) bond motifs is 1. The van der Waals surface area contributed by atoms with Crippen molar-refractivity contribution in [2.24, 2.45) is 11.7 Å². The second-order valence-corrected chi connectivity index (χ2v) is 6.23. The Morgan fingerprint density at radius 2 is 2.12 bits per heavy atom. The van der Waals surface area contributed by atoms with Crippen LogP contribution in [0.2, 0.25) is 0 Å². The van der Waals surface area contributed by atoms with Gasteiger partial charge in [0, 0.05) is 11.6 Å². The monoisotopic (exact) mass is 336 g/mol. The molecule has 2 aromatic heterocycles. The maximum atomic E-state index is 12.4. The minimum Gasteiger partial charge on any atom is -0.370 e. The third kappa shape index (κ3) is 3.35. The number of hydrogen-bond donors (Lipinski definition) is 3. The van der Waals surface area contributed by atoms with Crippen molar-refractivity contribution in [3.63, 3.8) is 0 Å². The molecule has 0 aliphatic carbocycles. The molecule has 0 unspecified atom stereocenters. The lowest BCUT2D eigenvalue weighted by Gasteiger charge is -2.13. The lowest BCUT2D eigenvalue weighted by atomic mass is 10.0. The molecule has 3 rings (SSSR count). The number of benzene rings is 1. The highest BCUT2D eigenvalue weighted by molar-refractivity contribution is 6.05. The standard InChI is InChI=1S/C18H20N6O/c1-11(2)9-16-13(17(25)23-18(19)20)10-22-24(16)15-7-3-6-14-12(15)5-4-8-21-14/h3-8,10-11H,9H2,1-2H3,(H4,19,20,23,25). The van der Waals surface area contributed by atoms with Crippen LogP contribution >= 0.6 is 0 Å². The van der Waals surface area contributed by atoms with Gasteiger partial charge in [0.2, 0.25) is 0 Å². The minimum atomic E-state index is -0.423. The molecule has 3 aromatic rings. The van der Waals surface area contributed by atoms with Crippen LogP contribution in [0.1, 0.15) is 29.9 Å². The van der Waals surface area contributed by atoms with Crippen LogP contribution in [0.3, 0.4) is 0 Å². The van der Waals surface area contributed by atoms with E-state index < -0.39 is 5.91 Å². The van der Waals surface area contributed by atoms with Gasteiger partial charge in [-0.25, -0.2) is 4.68 Å². The lowest BCUT2D eigenvalue weighted by molar-refractivity contribution is 0.0975. The minimum absolute atomic E-state index is 0.326. The molecule has 0 saturated heterocycles. The average molecular weight is 336 g/mol. The van der Waals surface area contributed by atoms with Crippen molar-refractivity contribution in [2.75, 3.05) is 0 Å². The molecule has 1 aromatic carbocycles. The molecule has 0 aliphatic rings. The molecular weight excluding hydrogens is 316 g/mol. The molecule has 128 valence electrons. The summed E-state index contributed by atoms with van der Waals surface area (Å²) in [6, 6.07) is 9.66. The van der Waals surface area contributed by atoms with Gasteiger partial charge in [-0.3, -0.25) is 20.5 Å². The molecule has 0 aliphatic heterocycles. The number of nitrogens with one attached hydrogen (secondary N) is 2. The Bertz CT molecular complexity index is 938. The topological polar surface area (TPSA) is 110 Å². The van der Waals surface area contributed by atoms with Gasteiger partial charge in [0.1, 0.15) is 0 Å². The molecule has 25 heavy (non-hydrogen) atoms. The summed E-state index contributed by atoms with van der Waals surface area (Å²) < 4.78 is 1.78. The number of nitrogens with two attached hydrogens (primary N) is 1. The predicted octanol–water partition coefficient (Wildman–Crippen LogP) is 2.24. The number of amides is 1. The first kappa shape index (κ1) is 16.6. The van der Waals surface area contributed by atoms with Gasteiger partial charge in [0.05, 0.1) is 28.7 Å². The van der Waals surface area contributed by atoms with Gasteiger partial charge in [-0.15, -0.1) is 0 Å². The van der Waals surface area contributed by atoms with Crippen molar-refractivity contribution < 1.29 is 4.79 Å². The molecule has 2 heterocycles.